The first-order valence-electron chi connectivity index (χ1n) is 9.69. The molecule has 0 amide bonds. The number of nitrogens with zero attached hydrogens (tertiary/aromatic N) is 4. The van der Waals surface area contributed by atoms with E-state index < -0.39 is 0 Å². The monoisotopic (exact) mass is 431 g/mol. The Morgan fingerprint density at radius 3 is 2.48 bits per heavy atom. The third kappa shape index (κ3) is 4.63. The fourth-order valence-electron chi connectivity index (χ4n) is 4.26. The maximum Gasteiger partial charge on any atom is 0.294 e. The number of benzene rings is 1. The summed E-state index contributed by atoms with van der Waals surface area (Å²) in [6.45, 7) is 8.83. The molecule has 0 bridgehead atoms. The van der Waals surface area contributed by atoms with Crippen LogP contribution >= 0.6 is 22.9 Å². The SMILES string of the molecule is Cn1cc(-c2ccc(-c3nnc(OC4CC(C)(C)NC(C)(C)C4)s3)c(Cl)c2)cn1. The van der Waals surface area contributed by atoms with E-state index in [0.29, 0.717) is 10.2 Å². The van der Waals surface area contributed by atoms with Gasteiger partial charge >= 0.3 is 0 Å². The standard InChI is InChI=1S/C21H26ClN5OS/c1-20(2)9-15(10-21(3,4)26-20)28-19-25-24-18(29-19)16-7-6-13(8-17(16)22)14-11-23-27(5)12-14/h6-8,11-12,15,26H,9-10H2,1-5H3. The zero-order valence-electron chi connectivity index (χ0n) is 17.4. The summed E-state index contributed by atoms with van der Waals surface area (Å²) in [6, 6.07) is 5.94. The molecule has 8 heteroatoms. The Hall–Kier alpha value is -1.96. The van der Waals surface area contributed by atoms with Crippen molar-refractivity contribution in [1.82, 2.24) is 25.3 Å². The van der Waals surface area contributed by atoms with Crippen LogP contribution in [-0.2, 0) is 7.05 Å². The first kappa shape index (κ1) is 20.3. The van der Waals surface area contributed by atoms with Crippen LogP contribution in [0.2, 0.25) is 5.02 Å². The van der Waals surface area contributed by atoms with E-state index in [1.54, 1.807) is 4.68 Å². The lowest BCUT2D eigenvalue weighted by Crippen LogP contribution is -2.60. The Bertz CT molecular complexity index is 1010. The molecule has 0 atom stereocenters. The van der Waals surface area contributed by atoms with Gasteiger partial charge < -0.3 is 10.1 Å². The highest BCUT2D eigenvalue weighted by Crippen LogP contribution is 2.37. The number of piperidine rings is 1. The predicted octanol–water partition coefficient (Wildman–Crippen LogP) is 4.95. The van der Waals surface area contributed by atoms with Crippen LogP contribution in [0.25, 0.3) is 21.7 Å². The zero-order valence-corrected chi connectivity index (χ0v) is 18.9. The van der Waals surface area contributed by atoms with E-state index in [2.05, 4.69) is 48.3 Å². The molecular formula is C21H26ClN5OS. The summed E-state index contributed by atoms with van der Waals surface area (Å²) in [5, 5.41) is 18.5. The van der Waals surface area contributed by atoms with Crippen LogP contribution in [0.1, 0.15) is 40.5 Å². The van der Waals surface area contributed by atoms with E-state index in [0.717, 1.165) is 34.5 Å². The first-order valence-corrected chi connectivity index (χ1v) is 10.9. The first-order chi connectivity index (χ1) is 13.6. The Kier molecular flexibility index (Phi) is 5.17. The number of rotatable bonds is 4. The summed E-state index contributed by atoms with van der Waals surface area (Å²) in [7, 11) is 1.90. The molecule has 4 rings (SSSR count). The summed E-state index contributed by atoms with van der Waals surface area (Å²) in [5.41, 5.74) is 2.94. The third-order valence-electron chi connectivity index (χ3n) is 5.06. The maximum absolute atomic E-state index is 6.56. The Balaban J connectivity index is 1.52. The van der Waals surface area contributed by atoms with Gasteiger partial charge in [0, 0.05) is 48.3 Å². The van der Waals surface area contributed by atoms with Crippen molar-refractivity contribution in [2.45, 2.75) is 57.7 Å². The topological polar surface area (TPSA) is 64.9 Å². The van der Waals surface area contributed by atoms with Crippen LogP contribution in [-0.4, -0.2) is 37.2 Å². The van der Waals surface area contributed by atoms with Crippen molar-refractivity contribution in [3.05, 3.63) is 35.6 Å². The third-order valence-corrected chi connectivity index (χ3v) is 6.22. The van der Waals surface area contributed by atoms with Gasteiger partial charge in [-0.25, -0.2) is 0 Å². The normalized spacial score (nSPS) is 18.7. The van der Waals surface area contributed by atoms with Gasteiger partial charge in [-0.2, -0.15) is 5.10 Å². The highest BCUT2D eigenvalue weighted by Gasteiger charge is 2.39. The summed E-state index contributed by atoms with van der Waals surface area (Å²) in [5.74, 6) is 0. The van der Waals surface area contributed by atoms with Crippen LogP contribution in [0.5, 0.6) is 5.19 Å². The van der Waals surface area contributed by atoms with Gasteiger partial charge in [-0.1, -0.05) is 34.1 Å². The minimum absolute atomic E-state index is 0.0192. The van der Waals surface area contributed by atoms with Crippen molar-refractivity contribution in [3.8, 4) is 26.9 Å². The van der Waals surface area contributed by atoms with Gasteiger partial charge in [0.05, 0.1) is 11.2 Å². The molecule has 1 aliphatic rings. The van der Waals surface area contributed by atoms with E-state index in [1.807, 2.05) is 37.6 Å². The second-order valence-electron chi connectivity index (χ2n) is 9.01. The smallest absolute Gasteiger partial charge is 0.294 e. The van der Waals surface area contributed by atoms with Crippen molar-refractivity contribution in [2.75, 3.05) is 0 Å². The molecule has 1 N–H and O–H groups in total. The van der Waals surface area contributed by atoms with Gasteiger partial charge in [-0.15, -0.1) is 5.10 Å². The minimum Gasteiger partial charge on any atom is -0.465 e. The molecule has 0 saturated carbocycles. The molecule has 0 aliphatic carbocycles. The van der Waals surface area contributed by atoms with Gasteiger partial charge in [-0.3, -0.25) is 4.68 Å². The van der Waals surface area contributed by atoms with Crippen molar-refractivity contribution in [3.63, 3.8) is 0 Å². The van der Waals surface area contributed by atoms with E-state index in [9.17, 15) is 0 Å². The molecule has 1 saturated heterocycles. The quantitative estimate of drug-likeness (QED) is 0.633. The average Bonchev–Trinajstić information content (AvgIpc) is 3.21. The molecule has 0 radical (unpaired) electrons. The fraction of sp³-hybridized carbons (Fsp3) is 0.476. The van der Waals surface area contributed by atoms with Crippen LogP contribution < -0.4 is 10.1 Å². The summed E-state index contributed by atoms with van der Waals surface area (Å²) >= 11 is 7.99. The van der Waals surface area contributed by atoms with Crippen molar-refractivity contribution < 1.29 is 4.74 Å². The van der Waals surface area contributed by atoms with Crippen molar-refractivity contribution in [1.29, 1.82) is 0 Å². The largest absolute Gasteiger partial charge is 0.465 e. The van der Waals surface area contributed by atoms with Gasteiger partial charge in [-0.05, 0) is 45.4 Å². The number of aromatic nitrogens is 4. The van der Waals surface area contributed by atoms with Crippen LogP contribution in [0, 0.1) is 0 Å². The molecule has 154 valence electrons. The highest BCUT2D eigenvalue weighted by molar-refractivity contribution is 7.16. The molecule has 3 heterocycles. The number of ether oxygens (including phenoxy) is 1. The van der Waals surface area contributed by atoms with Crippen LogP contribution in [0.4, 0.5) is 0 Å². The predicted molar refractivity (Wildman–Crippen MR) is 118 cm³/mol. The molecular weight excluding hydrogens is 406 g/mol. The van der Waals surface area contributed by atoms with E-state index >= 15 is 0 Å². The highest BCUT2D eigenvalue weighted by atomic mass is 35.5. The van der Waals surface area contributed by atoms with E-state index in [-0.39, 0.29) is 17.2 Å². The number of hydrogen-bond donors (Lipinski definition) is 1. The molecule has 29 heavy (non-hydrogen) atoms. The molecule has 1 fully saturated rings. The Labute approximate surface area is 180 Å². The molecule has 1 aliphatic heterocycles. The van der Waals surface area contributed by atoms with Crippen molar-refractivity contribution >= 4 is 22.9 Å². The van der Waals surface area contributed by atoms with E-state index in [4.69, 9.17) is 16.3 Å². The van der Waals surface area contributed by atoms with Gasteiger partial charge in [0.1, 0.15) is 6.10 Å². The van der Waals surface area contributed by atoms with Gasteiger partial charge in [0.2, 0.25) is 0 Å². The maximum atomic E-state index is 6.56. The second kappa shape index (κ2) is 7.38. The molecule has 3 aromatic rings. The summed E-state index contributed by atoms with van der Waals surface area (Å²) in [6.07, 6.45) is 5.73. The Morgan fingerprint density at radius 2 is 1.86 bits per heavy atom. The lowest BCUT2D eigenvalue weighted by atomic mass is 9.81. The van der Waals surface area contributed by atoms with E-state index in [1.165, 1.54) is 11.3 Å². The molecule has 1 aromatic carbocycles. The van der Waals surface area contributed by atoms with Gasteiger partial charge in [0.25, 0.3) is 5.19 Å². The van der Waals surface area contributed by atoms with Crippen LogP contribution in [0.3, 0.4) is 0 Å². The number of aryl methyl sites for hydroxylation is 1. The van der Waals surface area contributed by atoms with Crippen LogP contribution in [0.15, 0.2) is 30.6 Å². The lowest BCUT2D eigenvalue weighted by Gasteiger charge is -2.45. The molecule has 0 spiro atoms. The zero-order chi connectivity index (χ0) is 20.8. The molecule has 6 nitrogen and oxygen atoms in total. The summed E-state index contributed by atoms with van der Waals surface area (Å²) < 4.78 is 7.99. The minimum atomic E-state index is 0.0192. The second-order valence-corrected chi connectivity index (χ2v) is 10.4. The number of halogens is 1. The number of hydrogen-bond acceptors (Lipinski definition) is 6. The average molecular weight is 432 g/mol. The summed E-state index contributed by atoms with van der Waals surface area (Å²) in [4.78, 5) is 0. The Morgan fingerprint density at radius 1 is 1.14 bits per heavy atom. The number of nitrogens with one attached hydrogen (secondary N) is 1. The van der Waals surface area contributed by atoms with Gasteiger partial charge in [0.15, 0.2) is 5.01 Å². The molecule has 0 unspecified atom stereocenters. The van der Waals surface area contributed by atoms with Crippen molar-refractivity contribution in [2.24, 2.45) is 7.05 Å². The molecule has 2 aromatic heterocycles. The lowest BCUT2D eigenvalue weighted by molar-refractivity contribution is 0.0553. The fourth-order valence-corrected chi connectivity index (χ4v) is 5.39.